The zero-order valence-corrected chi connectivity index (χ0v) is 6.93. The second-order valence-electron chi connectivity index (χ2n) is 2.37. The SMILES string of the molecule is COc1cc(C(F)F)cc(CF)n1. The van der Waals surface area contributed by atoms with Crippen molar-refractivity contribution in [1.29, 1.82) is 0 Å². The minimum Gasteiger partial charge on any atom is -0.481 e. The Hall–Kier alpha value is -1.26. The van der Waals surface area contributed by atoms with E-state index in [0.29, 0.717) is 0 Å². The third kappa shape index (κ3) is 2.34. The first kappa shape index (κ1) is 9.83. The molecule has 0 atom stereocenters. The molecule has 0 N–H and O–H groups in total. The quantitative estimate of drug-likeness (QED) is 0.732. The lowest BCUT2D eigenvalue weighted by Crippen LogP contribution is -1.95. The summed E-state index contributed by atoms with van der Waals surface area (Å²) in [7, 11) is 1.29. The summed E-state index contributed by atoms with van der Waals surface area (Å²) < 4.78 is 41.1. The first-order chi connectivity index (χ1) is 6.17. The largest absolute Gasteiger partial charge is 0.481 e. The van der Waals surface area contributed by atoms with Gasteiger partial charge in [0.1, 0.15) is 6.67 Å². The smallest absolute Gasteiger partial charge is 0.264 e. The molecule has 1 aromatic heterocycles. The number of pyridine rings is 1. The summed E-state index contributed by atoms with van der Waals surface area (Å²) in [5.41, 5.74) is -0.325. The second kappa shape index (κ2) is 4.11. The molecule has 72 valence electrons. The maximum absolute atomic E-state index is 12.2. The topological polar surface area (TPSA) is 22.1 Å². The Labute approximate surface area is 73.4 Å². The number of hydrogen-bond acceptors (Lipinski definition) is 2. The molecule has 0 aliphatic heterocycles. The van der Waals surface area contributed by atoms with E-state index >= 15 is 0 Å². The highest BCUT2D eigenvalue weighted by molar-refractivity contribution is 5.25. The molecule has 1 heterocycles. The van der Waals surface area contributed by atoms with Gasteiger partial charge >= 0.3 is 0 Å². The Bertz CT molecular complexity index is 268. The van der Waals surface area contributed by atoms with E-state index in [1.54, 1.807) is 0 Å². The van der Waals surface area contributed by atoms with Gasteiger partial charge in [-0.15, -0.1) is 0 Å². The first-order valence-corrected chi connectivity index (χ1v) is 3.56. The third-order valence-electron chi connectivity index (χ3n) is 1.48. The number of aromatic nitrogens is 1. The highest BCUT2D eigenvalue weighted by Crippen LogP contribution is 2.23. The molecule has 0 bridgehead atoms. The van der Waals surface area contributed by atoms with Gasteiger partial charge in [-0.25, -0.2) is 18.2 Å². The first-order valence-electron chi connectivity index (χ1n) is 3.56. The van der Waals surface area contributed by atoms with E-state index in [4.69, 9.17) is 0 Å². The molecule has 0 amide bonds. The molecule has 1 rings (SSSR count). The van der Waals surface area contributed by atoms with Gasteiger partial charge in [-0.1, -0.05) is 0 Å². The molecule has 5 heteroatoms. The predicted octanol–water partition coefficient (Wildman–Crippen LogP) is 2.50. The molecule has 2 nitrogen and oxygen atoms in total. The van der Waals surface area contributed by atoms with Crippen molar-refractivity contribution in [2.45, 2.75) is 13.1 Å². The molecule has 0 fully saturated rings. The maximum atomic E-state index is 12.2. The van der Waals surface area contributed by atoms with Crippen LogP contribution in [0.15, 0.2) is 12.1 Å². The van der Waals surface area contributed by atoms with Crippen molar-refractivity contribution < 1.29 is 17.9 Å². The zero-order valence-electron chi connectivity index (χ0n) is 6.93. The number of hydrogen-bond donors (Lipinski definition) is 0. The monoisotopic (exact) mass is 191 g/mol. The van der Waals surface area contributed by atoms with Gasteiger partial charge in [0.2, 0.25) is 5.88 Å². The Morgan fingerprint density at radius 3 is 2.62 bits per heavy atom. The van der Waals surface area contributed by atoms with Crippen molar-refractivity contribution in [3.63, 3.8) is 0 Å². The van der Waals surface area contributed by atoms with Gasteiger partial charge in [-0.3, -0.25) is 0 Å². The molecule has 0 aliphatic rings. The van der Waals surface area contributed by atoms with Crippen LogP contribution < -0.4 is 4.74 Å². The molecule has 13 heavy (non-hydrogen) atoms. The van der Waals surface area contributed by atoms with Crippen LogP contribution in [-0.4, -0.2) is 12.1 Å². The van der Waals surface area contributed by atoms with E-state index < -0.39 is 13.1 Å². The molecule has 1 aromatic rings. The highest BCUT2D eigenvalue weighted by Gasteiger charge is 2.10. The number of halogens is 3. The zero-order chi connectivity index (χ0) is 9.84. The van der Waals surface area contributed by atoms with E-state index in [-0.39, 0.29) is 17.1 Å². The van der Waals surface area contributed by atoms with Crippen LogP contribution >= 0.6 is 0 Å². The van der Waals surface area contributed by atoms with Gasteiger partial charge < -0.3 is 4.74 Å². The van der Waals surface area contributed by atoms with Crippen molar-refractivity contribution in [3.05, 3.63) is 23.4 Å². The minimum absolute atomic E-state index is 0.00505. The van der Waals surface area contributed by atoms with Crippen molar-refractivity contribution in [2.75, 3.05) is 7.11 Å². The number of methoxy groups -OCH3 is 1. The molecule has 0 unspecified atom stereocenters. The van der Waals surface area contributed by atoms with Gasteiger partial charge in [0, 0.05) is 11.6 Å². The molecule has 0 aromatic carbocycles. The number of rotatable bonds is 3. The highest BCUT2D eigenvalue weighted by atomic mass is 19.3. The Kier molecular flexibility index (Phi) is 3.11. The number of ether oxygens (including phenoxy) is 1. The molecule has 0 saturated heterocycles. The summed E-state index contributed by atoms with van der Waals surface area (Å²) in [4.78, 5) is 3.62. The molecular weight excluding hydrogens is 183 g/mol. The lowest BCUT2D eigenvalue weighted by atomic mass is 10.2. The van der Waals surface area contributed by atoms with Crippen LogP contribution in [0.5, 0.6) is 5.88 Å². The fourth-order valence-corrected chi connectivity index (χ4v) is 0.882. The van der Waals surface area contributed by atoms with Crippen LogP contribution in [0.1, 0.15) is 17.7 Å². The Balaban J connectivity index is 3.07. The van der Waals surface area contributed by atoms with Gasteiger partial charge in [-0.05, 0) is 6.07 Å². The molecular formula is C8H8F3NO. The van der Waals surface area contributed by atoms with Gasteiger partial charge in [0.25, 0.3) is 6.43 Å². The van der Waals surface area contributed by atoms with Crippen molar-refractivity contribution >= 4 is 0 Å². The van der Waals surface area contributed by atoms with Crippen LogP contribution in [0.4, 0.5) is 13.2 Å². The van der Waals surface area contributed by atoms with Crippen LogP contribution in [-0.2, 0) is 6.67 Å². The van der Waals surface area contributed by atoms with E-state index in [0.717, 1.165) is 12.1 Å². The predicted molar refractivity (Wildman–Crippen MR) is 40.6 cm³/mol. The van der Waals surface area contributed by atoms with E-state index in [9.17, 15) is 13.2 Å². The van der Waals surface area contributed by atoms with Gasteiger partial charge in [0.15, 0.2) is 0 Å². The Morgan fingerprint density at radius 2 is 2.15 bits per heavy atom. The average molecular weight is 191 g/mol. The van der Waals surface area contributed by atoms with Crippen molar-refractivity contribution in [2.24, 2.45) is 0 Å². The summed E-state index contributed by atoms with van der Waals surface area (Å²) in [5.74, 6) is 0.00505. The summed E-state index contributed by atoms with van der Waals surface area (Å²) in [6.45, 7) is -0.878. The normalized spacial score (nSPS) is 10.5. The molecule has 0 saturated carbocycles. The fraction of sp³-hybridized carbons (Fsp3) is 0.375. The van der Waals surface area contributed by atoms with E-state index in [1.807, 2.05) is 0 Å². The second-order valence-corrected chi connectivity index (χ2v) is 2.37. The summed E-state index contributed by atoms with van der Waals surface area (Å²) >= 11 is 0. The molecule has 0 spiro atoms. The van der Waals surface area contributed by atoms with E-state index in [1.165, 1.54) is 7.11 Å². The van der Waals surface area contributed by atoms with Crippen LogP contribution in [0.2, 0.25) is 0 Å². The van der Waals surface area contributed by atoms with Crippen molar-refractivity contribution in [1.82, 2.24) is 4.98 Å². The summed E-state index contributed by atoms with van der Waals surface area (Å²) in [6.07, 6.45) is -2.64. The average Bonchev–Trinajstić information content (AvgIpc) is 2.16. The summed E-state index contributed by atoms with van der Waals surface area (Å²) in [5, 5.41) is 0. The summed E-state index contributed by atoms with van der Waals surface area (Å²) in [6, 6.07) is 2.11. The molecule has 0 aliphatic carbocycles. The Morgan fingerprint density at radius 1 is 1.46 bits per heavy atom. The lowest BCUT2D eigenvalue weighted by Gasteiger charge is -2.04. The third-order valence-corrected chi connectivity index (χ3v) is 1.48. The standard InChI is InChI=1S/C8H8F3NO/c1-13-7-3-5(8(10)11)2-6(4-9)12-7/h2-3,8H,4H2,1H3. The molecule has 0 radical (unpaired) electrons. The van der Waals surface area contributed by atoms with Crippen molar-refractivity contribution in [3.8, 4) is 5.88 Å². The van der Waals surface area contributed by atoms with E-state index in [2.05, 4.69) is 9.72 Å². The van der Waals surface area contributed by atoms with Gasteiger partial charge in [0.05, 0.1) is 12.8 Å². The van der Waals surface area contributed by atoms with Crippen LogP contribution in [0.25, 0.3) is 0 Å². The minimum atomic E-state index is -2.64. The number of nitrogens with zero attached hydrogens (tertiary/aromatic N) is 1. The fourth-order valence-electron chi connectivity index (χ4n) is 0.882. The lowest BCUT2D eigenvalue weighted by molar-refractivity contribution is 0.150. The van der Waals surface area contributed by atoms with Crippen LogP contribution in [0, 0.1) is 0 Å². The maximum Gasteiger partial charge on any atom is 0.264 e. The van der Waals surface area contributed by atoms with Gasteiger partial charge in [-0.2, -0.15) is 0 Å². The number of alkyl halides is 3. The van der Waals surface area contributed by atoms with Crippen LogP contribution in [0.3, 0.4) is 0 Å².